The summed E-state index contributed by atoms with van der Waals surface area (Å²) in [5.74, 6) is 0.669. The predicted octanol–water partition coefficient (Wildman–Crippen LogP) is 2.58. The molecule has 5 heteroatoms. The number of benzene rings is 1. The quantitative estimate of drug-likeness (QED) is 0.708. The Morgan fingerprint density at radius 1 is 1.09 bits per heavy atom. The van der Waals surface area contributed by atoms with Crippen molar-refractivity contribution in [1.82, 2.24) is 0 Å². The average molecular weight is 215 g/mol. The van der Waals surface area contributed by atoms with Crippen LogP contribution in [0.25, 0.3) is 0 Å². The Morgan fingerprint density at radius 2 is 1.64 bits per heavy atom. The first kappa shape index (κ1) is 13.4. The minimum absolute atomic E-state index is 0. The number of hydrogen-bond acceptors (Lipinski definition) is 2. The van der Waals surface area contributed by atoms with E-state index in [1.165, 1.54) is 0 Å². The summed E-state index contributed by atoms with van der Waals surface area (Å²) < 4.78 is 14.7. The van der Waals surface area contributed by atoms with Gasteiger partial charge in [0.15, 0.2) is 0 Å². The predicted molar refractivity (Wildman–Crippen MR) is 52.0 cm³/mol. The molecule has 1 atom stereocenters. The highest BCUT2D eigenvalue weighted by Gasteiger charge is 1.83. The zero-order valence-electron chi connectivity index (χ0n) is 5.60. The summed E-state index contributed by atoms with van der Waals surface area (Å²) in [6.07, 6.45) is 0. The SMILES string of the molecule is Cl.Cl.O=[PH2]Oc1ccccc1. The summed E-state index contributed by atoms with van der Waals surface area (Å²) >= 11 is 0. The zero-order valence-corrected chi connectivity index (χ0v) is 8.38. The van der Waals surface area contributed by atoms with Crippen LogP contribution in [0.5, 0.6) is 5.75 Å². The fourth-order valence-corrected chi connectivity index (χ4v) is 0.823. The van der Waals surface area contributed by atoms with Gasteiger partial charge in [0, 0.05) is 0 Å². The fraction of sp³-hybridized carbons (Fsp3) is 0. The Kier molecular flexibility index (Phi) is 9.68. The number of para-hydroxylation sites is 1. The molecular weight excluding hydrogens is 206 g/mol. The van der Waals surface area contributed by atoms with Gasteiger partial charge < -0.3 is 4.52 Å². The summed E-state index contributed by atoms with van der Waals surface area (Å²) in [5, 5.41) is 0. The minimum atomic E-state index is -1.12. The van der Waals surface area contributed by atoms with Crippen molar-refractivity contribution in [3.63, 3.8) is 0 Å². The summed E-state index contributed by atoms with van der Waals surface area (Å²) in [6.45, 7) is 0. The lowest BCUT2D eigenvalue weighted by molar-refractivity contribution is 0.525. The third-order valence-electron chi connectivity index (χ3n) is 0.927. The van der Waals surface area contributed by atoms with Crippen LogP contribution >= 0.6 is 33.5 Å². The van der Waals surface area contributed by atoms with Gasteiger partial charge in [-0.05, 0) is 12.1 Å². The van der Waals surface area contributed by atoms with E-state index in [9.17, 15) is 4.57 Å². The molecule has 0 bridgehead atoms. The van der Waals surface area contributed by atoms with E-state index in [2.05, 4.69) is 0 Å². The van der Waals surface area contributed by atoms with Crippen LogP contribution in [0.1, 0.15) is 0 Å². The van der Waals surface area contributed by atoms with Crippen molar-refractivity contribution < 1.29 is 9.09 Å². The molecule has 11 heavy (non-hydrogen) atoms. The molecule has 0 aromatic heterocycles. The zero-order chi connectivity index (χ0) is 6.53. The van der Waals surface area contributed by atoms with Gasteiger partial charge in [-0.1, -0.05) is 18.2 Å². The normalized spacial score (nSPS) is 8.36. The van der Waals surface area contributed by atoms with Crippen molar-refractivity contribution in [3.8, 4) is 5.75 Å². The smallest absolute Gasteiger partial charge is 0.225 e. The van der Waals surface area contributed by atoms with Gasteiger partial charge in [0.25, 0.3) is 0 Å². The minimum Gasteiger partial charge on any atom is -0.447 e. The maximum Gasteiger partial charge on any atom is 0.225 e. The number of halogens is 2. The lowest BCUT2D eigenvalue weighted by Gasteiger charge is -1.93. The molecule has 64 valence electrons. The molecule has 0 heterocycles. The first-order valence-corrected chi connectivity index (χ1v) is 3.53. The second kappa shape index (κ2) is 7.93. The first-order chi connectivity index (χ1) is 4.43. The Hall–Kier alpha value is -0.170. The molecular formula is C6H9Cl2O2P. The highest BCUT2D eigenvalue weighted by molar-refractivity contribution is 7.17. The van der Waals surface area contributed by atoms with Gasteiger partial charge in [-0.25, -0.2) is 0 Å². The highest BCUT2D eigenvalue weighted by atomic mass is 35.5. The standard InChI is InChI=1S/C6H7O2P.2ClH/c7-9-8-6-4-2-1-3-5-6;;/h1-5H,9H2;2*1H. The van der Waals surface area contributed by atoms with E-state index in [-0.39, 0.29) is 24.8 Å². The Morgan fingerprint density at radius 3 is 2.09 bits per heavy atom. The number of rotatable bonds is 2. The van der Waals surface area contributed by atoms with E-state index in [1.54, 1.807) is 12.1 Å². The molecule has 0 fully saturated rings. The molecule has 0 aliphatic carbocycles. The molecule has 1 rings (SSSR count). The van der Waals surface area contributed by atoms with Crippen molar-refractivity contribution >= 4 is 33.5 Å². The summed E-state index contributed by atoms with van der Waals surface area (Å²) in [7, 11) is -1.12. The van der Waals surface area contributed by atoms with Crippen LogP contribution in [0, 0.1) is 0 Å². The van der Waals surface area contributed by atoms with Gasteiger partial charge >= 0.3 is 0 Å². The maximum absolute atomic E-state index is 9.96. The van der Waals surface area contributed by atoms with E-state index < -0.39 is 8.69 Å². The van der Waals surface area contributed by atoms with E-state index >= 15 is 0 Å². The Labute approximate surface area is 79.1 Å². The van der Waals surface area contributed by atoms with Gasteiger partial charge in [-0.2, -0.15) is 0 Å². The topological polar surface area (TPSA) is 26.3 Å². The van der Waals surface area contributed by atoms with Gasteiger partial charge in [-0.3, -0.25) is 4.57 Å². The molecule has 1 aromatic rings. The van der Waals surface area contributed by atoms with Crippen molar-refractivity contribution in [3.05, 3.63) is 30.3 Å². The summed E-state index contributed by atoms with van der Waals surface area (Å²) in [4.78, 5) is 0. The second-order valence-electron chi connectivity index (χ2n) is 1.53. The largest absolute Gasteiger partial charge is 0.447 e. The maximum atomic E-state index is 9.96. The molecule has 0 N–H and O–H groups in total. The van der Waals surface area contributed by atoms with Crippen molar-refractivity contribution in [1.29, 1.82) is 0 Å². The monoisotopic (exact) mass is 214 g/mol. The molecule has 0 aliphatic heterocycles. The summed E-state index contributed by atoms with van der Waals surface area (Å²) in [5.41, 5.74) is 0. The fourth-order valence-electron chi connectivity index (χ4n) is 0.555. The molecule has 1 unspecified atom stereocenters. The van der Waals surface area contributed by atoms with Gasteiger partial charge in [0.2, 0.25) is 8.69 Å². The van der Waals surface area contributed by atoms with E-state index in [0.29, 0.717) is 5.75 Å². The van der Waals surface area contributed by atoms with Crippen LogP contribution in [0.15, 0.2) is 30.3 Å². The molecule has 0 radical (unpaired) electrons. The highest BCUT2D eigenvalue weighted by Crippen LogP contribution is 2.12. The number of hydrogen-bond donors (Lipinski definition) is 0. The summed E-state index contributed by atoms with van der Waals surface area (Å²) in [6, 6.07) is 9.09. The van der Waals surface area contributed by atoms with Gasteiger partial charge in [0.05, 0.1) is 0 Å². The van der Waals surface area contributed by atoms with Crippen molar-refractivity contribution in [2.24, 2.45) is 0 Å². The van der Waals surface area contributed by atoms with Crippen LogP contribution in [0.4, 0.5) is 0 Å². The van der Waals surface area contributed by atoms with Crippen LogP contribution in [-0.2, 0) is 4.57 Å². The van der Waals surface area contributed by atoms with Crippen molar-refractivity contribution in [2.45, 2.75) is 0 Å². The molecule has 0 aliphatic rings. The van der Waals surface area contributed by atoms with Gasteiger partial charge in [-0.15, -0.1) is 24.8 Å². The average Bonchev–Trinajstić information content (AvgIpc) is 1.91. The Bertz CT molecular complexity index is 193. The van der Waals surface area contributed by atoms with Crippen LogP contribution < -0.4 is 4.52 Å². The van der Waals surface area contributed by atoms with Crippen LogP contribution in [-0.4, -0.2) is 0 Å². The van der Waals surface area contributed by atoms with Gasteiger partial charge in [0.1, 0.15) is 5.75 Å². The van der Waals surface area contributed by atoms with E-state index in [4.69, 9.17) is 4.52 Å². The van der Waals surface area contributed by atoms with E-state index in [0.717, 1.165) is 0 Å². The molecule has 0 saturated carbocycles. The third-order valence-corrected chi connectivity index (χ3v) is 1.30. The first-order valence-electron chi connectivity index (χ1n) is 2.59. The van der Waals surface area contributed by atoms with E-state index in [1.807, 2.05) is 18.2 Å². The molecule has 1 aromatic carbocycles. The third kappa shape index (κ3) is 5.14. The Balaban J connectivity index is 0. The van der Waals surface area contributed by atoms with Crippen molar-refractivity contribution in [2.75, 3.05) is 0 Å². The van der Waals surface area contributed by atoms with Crippen LogP contribution in [0.3, 0.4) is 0 Å². The lowest BCUT2D eigenvalue weighted by Crippen LogP contribution is -1.70. The molecule has 0 spiro atoms. The molecule has 2 nitrogen and oxygen atoms in total. The lowest BCUT2D eigenvalue weighted by atomic mass is 10.3. The van der Waals surface area contributed by atoms with Crippen LogP contribution in [0.2, 0.25) is 0 Å². The molecule has 0 saturated heterocycles. The second-order valence-corrected chi connectivity index (χ2v) is 1.96. The molecule has 0 amide bonds.